The van der Waals surface area contributed by atoms with Gasteiger partial charge in [-0.3, -0.25) is 14.3 Å². The molecule has 2 aliphatic rings. The second-order valence-corrected chi connectivity index (χ2v) is 8.44. The van der Waals surface area contributed by atoms with Gasteiger partial charge in [0.05, 0.1) is 31.2 Å². The Bertz CT molecular complexity index is 1280. The van der Waals surface area contributed by atoms with E-state index in [2.05, 4.69) is 5.10 Å². The van der Waals surface area contributed by atoms with E-state index in [9.17, 15) is 9.59 Å². The standard InChI is InChI=1S/C24H21ClN2O5/c1-12-10-14-17(20(27(2)26-14)13-8-6-5-7-9-13)22(28)24(12)23(29)18-15(30-3)11-16(31-4)19(25)21(18)32-24/h5-9,11-12H,10H2,1-4H3/t12-,24+/m1/s1. The number of benzene rings is 2. The highest BCUT2D eigenvalue weighted by Crippen LogP contribution is 2.54. The van der Waals surface area contributed by atoms with Crippen molar-refractivity contribution >= 4 is 23.2 Å². The number of carbonyl (C=O) groups excluding carboxylic acids is 2. The molecule has 0 N–H and O–H groups in total. The molecule has 1 aliphatic carbocycles. The highest BCUT2D eigenvalue weighted by atomic mass is 35.5. The van der Waals surface area contributed by atoms with E-state index in [-0.39, 0.29) is 22.1 Å². The van der Waals surface area contributed by atoms with Gasteiger partial charge in [-0.2, -0.15) is 5.10 Å². The van der Waals surface area contributed by atoms with Crippen LogP contribution in [0.1, 0.15) is 33.3 Å². The molecule has 5 rings (SSSR count). The predicted octanol–water partition coefficient (Wildman–Crippen LogP) is 4.15. The van der Waals surface area contributed by atoms with Gasteiger partial charge in [-0.05, 0) is 6.42 Å². The zero-order valence-electron chi connectivity index (χ0n) is 18.1. The van der Waals surface area contributed by atoms with Gasteiger partial charge in [0.1, 0.15) is 22.1 Å². The van der Waals surface area contributed by atoms with Crippen LogP contribution < -0.4 is 14.2 Å². The van der Waals surface area contributed by atoms with Crippen LogP contribution in [0.25, 0.3) is 11.3 Å². The summed E-state index contributed by atoms with van der Waals surface area (Å²) in [6.45, 7) is 1.82. The smallest absolute Gasteiger partial charge is 0.237 e. The Hall–Kier alpha value is -3.32. The average Bonchev–Trinajstić information content (AvgIpc) is 3.29. The summed E-state index contributed by atoms with van der Waals surface area (Å²) in [6.07, 6.45) is 0.401. The van der Waals surface area contributed by atoms with Gasteiger partial charge in [0.2, 0.25) is 17.2 Å². The Kier molecular flexibility index (Phi) is 4.57. The van der Waals surface area contributed by atoms with Gasteiger partial charge in [0, 0.05) is 24.6 Å². The fourth-order valence-electron chi connectivity index (χ4n) is 4.81. The van der Waals surface area contributed by atoms with Crippen molar-refractivity contribution in [3.8, 4) is 28.5 Å². The largest absolute Gasteiger partial charge is 0.496 e. The molecule has 2 aromatic carbocycles. The molecule has 164 valence electrons. The van der Waals surface area contributed by atoms with Gasteiger partial charge < -0.3 is 14.2 Å². The van der Waals surface area contributed by atoms with Crippen molar-refractivity contribution in [3.05, 3.63) is 58.2 Å². The Balaban J connectivity index is 1.72. The summed E-state index contributed by atoms with van der Waals surface area (Å²) >= 11 is 6.49. The second-order valence-electron chi connectivity index (χ2n) is 8.06. The average molecular weight is 453 g/mol. The van der Waals surface area contributed by atoms with Gasteiger partial charge >= 0.3 is 0 Å². The molecule has 0 fully saturated rings. The summed E-state index contributed by atoms with van der Waals surface area (Å²) in [5.41, 5.74) is 0.956. The molecule has 1 spiro atoms. The van der Waals surface area contributed by atoms with Crippen LogP contribution in [0.4, 0.5) is 0 Å². The first-order valence-electron chi connectivity index (χ1n) is 10.2. The van der Waals surface area contributed by atoms with E-state index in [1.807, 2.05) is 37.3 Å². The van der Waals surface area contributed by atoms with Crippen molar-refractivity contribution in [2.24, 2.45) is 13.0 Å². The van der Waals surface area contributed by atoms with Crippen LogP contribution in [-0.2, 0) is 13.5 Å². The third-order valence-corrected chi connectivity index (χ3v) is 6.70. The van der Waals surface area contributed by atoms with Crippen LogP contribution in [0.3, 0.4) is 0 Å². The number of methoxy groups -OCH3 is 2. The number of aromatic nitrogens is 2. The number of fused-ring (bicyclic) bond motifs is 2. The van der Waals surface area contributed by atoms with E-state index in [0.717, 1.165) is 5.56 Å². The quantitative estimate of drug-likeness (QED) is 0.555. The van der Waals surface area contributed by atoms with Crippen LogP contribution >= 0.6 is 11.6 Å². The first-order valence-corrected chi connectivity index (χ1v) is 10.6. The number of hydrogen-bond donors (Lipinski definition) is 0. The van der Waals surface area contributed by atoms with Crippen molar-refractivity contribution < 1.29 is 23.8 Å². The lowest BCUT2D eigenvalue weighted by Crippen LogP contribution is -2.56. The van der Waals surface area contributed by atoms with E-state index in [4.69, 9.17) is 25.8 Å². The fraction of sp³-hybridized carbons (Fsp3) is 0.292. The molecule has 1 aliphatic heterocycles. The summed E-state index contributed by atoms with van der Waals surface area (Å²) < 4.78 is 18.6. The minimum Gasteiger partial charge on any atom is -0.496 e. The Labute approximate surface area is 189 Å². The number of Topliss-reactive ketones (excluding diaryl/α,β-unsaturated/α-hetero) is 2. The number of halogens is 1. The van der Waals surface area contributed by atoms with Gasteiger partial charge in [-0.1, -0.05) is 48.9 Å². The molecule has 2 atom stereocenters. The van der Waals surface area contributed by atoms with Crippen LogP contribution in [0.15, 0.2) is 36.4 Å². The van der Waals surface area contributed by atoms with Crippen molar-refractivity contribution in [2.45, 2.75) is 18.9 Å². The minimum atomic E-state index is -1.74. The lowest BCUT2D eigenvalue weighted by atomic mass is 9.71. The van der Waals surface area contributed by atoms with Crippen LogP contribution in [0, 0.1) is 5.92 Å². The number of ether oxygens (including phenoxy) is 3. The normalized spacial score (nSPS) is 21.3. The summed E-state index contributed by atoms with van der Waals surface area (Å²) in [4.78, 5) is 27.9. The maximum absolute atomic E-state index is 14.1. The maximum atomic E-state index is 14.1. The van der Waals surface area contributed by atoms with Crippen molar-refractivity contribution in [3.63, 3.8) is 0 Å². The van der Waals surface area contributed by atoms with Crippen LogP contribution in [0.2, 0.25) is 5.02 Å². The molecule has 3 aromatic rings. The predicted molar refractivity (Wildman–Crippen MR) is 118 cm³/mol. The zero-order valence-corrected chi connectivity index (χ0v) is 18.8. The van der Waals surface area contributed by atoms with Crippen molar-refractivity contribution in [1.82, 2.24) is 9.78 Å². The van der Waals surface area contributed by atoms with Gasteiger partial charge in [-0.25, -0.2) is 0 Å². The summed E-state index contributed by atoms with van der Waals surface area (Å²) in [7, 11) is 4.70. The van der Waals surface area contributed by atoms with E-state index in [1.54, 1.807) is 11.7 Å². The zero-order chi connectivity index (χ0) is 22.8. The Morgan fingerprint density at radius 1 is 1.09 bits per heavy atom. The molecular formula is C24H21ClN2O5. The maximum Gasteiger partial charge on any atom is 0.237 e. The highest BCUT2D eigenvalue weighted by Gasteiger charge is 2.62. The third kappa shape index (κ3) is 2.51. The monoisotopic (exact) mass is 452 g/mol. The number of carbonyl (C=O) groups is 2. The van der Waals surface area contributed by atoms with E-state index >= 15 is 0 Å². The molecule has 8 heteroatoms. The molecule has 0 unspecified atom stereocenters. The Morgan fingerprint density at radius 3 is 2.41 bits per heavy atom. The molecular weight excluding hydrogens is 432 g/mol. The molecule has 1 aromatic heterocycles. The van der Waals surface area contributed by atoms with Crippen molar-refractivity contribution in [2.75, 3.05) is 14.2 Å². The molecule has 2 heterocycles. The second kappa shape index (κ2) is 7.10. The lowest BCUT2D eigenvalue weighted by molar-refractivity contribution is 0.0259. The molecule has 0 radical (unpaired) electrons. The molecule has 0 amide bonds. The molecule has 0 saturated heterocycles. The van der Waals surface area contributed by atoms with E-state index in [0.29, 0.717) is 29.1 Å². The molecule has 0 saturated carbocycles. The van der Waals surface area contributed by atoms with E-state index in [1.165, 1.54) is 20.3 Å². The number of hydrogen-bond acceptors (Lipinski definition) is 6. The SMILES string of the molecule is COc1cc(OC)c2c(c1Cl)O[C@]1(C2=O)C(=O)c2c(nn(C)c2-c2ccccc2)C[C@H]1C. The molecule has 0 bridgehead atoms. The topological polar surface area (TPSA) is 79.7 Å². The number of ketones is 2. The van der Waals surface area contributed by atoms with Crippen LogP contribution in [-0.4, -0.2) is 41.2 Å². The number of nitrogens with zero attached hydrogens (tertiary/aromatic N) is 2. The fourth-order valence-corrected chi connectivity index (χ4v) is 5.07. The summed E-state index contributed by atoms with van der Waals surface area (Å²) in [5.74, 6) is -0.677. The molecule has 32 heavy (non-hydrogen) atoms. The van der Waals surface area contributed by atoms with Crippen molar-refractivity contribution in [1.29, 1.82) is 0 Å². The summed E-state index contributed by atoms with van der Waals surface area (Å²) in [5, 5.41) is 4.73. The summed E-state index contributed by atoms with van der Waals surface area (Å²) in [6, 6.07) is 11.0. The van der Waals surface area contributed by atoms with Gasteiger partial charge in [-0.15, -0.1) is 0 Å². The Morgan fingerprint density at radius 2 is 1.75 bits per heavy atom. The number of aryl methyl sites for hydroxylation is 1. The first kappa shape index (κ1) is 20.6. The number of rotatable bonds is 3. The first-order chi connectivity index (χ1) is 15.3. The van der Waals surface area contributed by atoms with Gasteiger partial charge in [0.25, 0.3) is 0 Å². The minimum absolute atomic E-state index is 0.113. The van der Waals surface area contributed by atoms with Gasteiger partial charge in [0.15, 0.2) is 5.75 Å². The third-order valence-electron chi connectivity index (χ3n) is 6.34. The molecule has 7 nitrogen and oxygen atoms in total. The van der Waals surface area contributed by atoms with E-state index < -0.39 is 23.1 Å². The van der Waals surface area contributed by atoms with Crippen LogP contribution in [0.5, 0.6) is 17.2 Å². The highest BCUT2D eigenvalue weighted by molar-refractivity contribution is 6.36. The lowest BCUT2D eigenvalue weighted by Gasteiger charge is -2.35.